The summed E-state index contributed by atoms with van der Waals surface area (Å²) in [6, 6.07) is 2.74. The van der Waals surface area contributed by atoms with Crippen molar-refractivity contribution in [2.24, 2.45) is 11.7 Å². The normalized spacial score (nSPS) is 21.7. The zero-order chi connectivity index (χ0) is 14.7. The van der Waals surface area contributed by atoms with E-state index in [1.54, 1.807) is 19.2 Å². The van der Waals surface area contributed by atoms with Gasteiger partial charge in [-0.25, -0.2) is 0 Å². The Labute approximate surface area is 116 Å². The number of carboxylic acids is 1. The van der Waals surface area contributed by atoms with Gasteiger partial charge in [-0.2, -0.15) is 0 Å². The minimum Gasteiger partial charge on any atom is -0.481 e. The van der Waals surface area contributed by atoms with E-state index in [0.717, 1.165) is 0 Å². The summed E-state index contributed by atoms with van der Waals surface area (Å²) >= 11 is 0. The van der Waals surface area contributed by atoms with Crippen molar-refractivity contribution >= 4 is 11.9 Å². The smallest absolute Gasteiger partial charge is 0.311 e. The molecule has 0 spiro atoms. The Bertz CT molecular complexity index is 520. The van der Waals surface area contributed by atoms with E-state index in [2.05, 4.69) is 4.98 Å². The van der Waals surface area contributed by atoms with Crippen molar-refractivity contribution in [2.45, 2.75) is 12.6 Å². The van der Waals surface area contributed by atoms with Gasteiger partial charge >= 0.3 is 5.97 Å². The lowest BCUT2D eigenvalue weighted by Crippen LogP contribution is -2.44. The average molecular weight is 279 g/mol. The number of pyridine rings is 1. The SMILES string of the molecule is CN(C(=O)c1ccnc(CN)c1)C1COCC1C(=O)O. The van der Waals surface area contributed by atoms with E-state index in [1.807, 2.05) is 0 Å². The van der Waals surface area contributed by atoms with Crippen molar-refractivity contribution < 1.29 is 19.4 Å². The third kappa shape index (κ3) is 2.78. The van der Waals surface area contributed by atoms with Crippen molar-refractivity contribution in [1.29, 1.82) is 0 Å². The van der Waals surface area contributed by atoms with Gasteiger partial charge in [-0.1, -0.05) is 0 Å². The molecule has 1 aliphatic rings. The zero-order valence-electron chi connectivity index (χ0n) is 11.2. The summed E-state index contributed by atoms with van der Waals surface area (Å²) in [5, 5.41) is 9.12. The molecule has 0 bridgehead atoms. The molecular formula is C13H17N3O4. The molecule has 1 aliphatic heterocycles. The van der Waals surface area contributed by atoms with Crippen molar-refractivity contribution in [1.82, 2.24) is 9.88 Å². The molecule has 1 amide bonds. The minimum absolute atomic E-state index is 0.127. The Hall–Kier alpha value is -1.99. The number of nitrogens with zero attached hydrogens (tertiary/aromatic N) is 2. The first-order chi connectivity index (χ1) is 9.54. The maximum absolute atomic E-state index is 12.4. The number of carboxylic acid groups (broad SMARTS) is 1. The molecule has 2 unspecified atom stereocenters. The van der Waals surface area contributed by atoms with Gasteiger partial charge in [0.05, 0.1) is 24.9 Å². The summed E-state index contributed by atoms with van der Waals surface area (Å²) in [6.07, 6.45) is 1.52. The number of carbonyl (C=O) groups excluding carboxylic acids is 1. The van der Waals surface area contributed by atoms with E-state index in [4.69, 9.17) is 15.6 Å². The summed E-state index contributed by atoms with van der Waals surface area (Å²) in [7, 11) is 1.58. The first kappa shape index (κ1) is 14.4. The Morgan fingerprint density at radius 3 is 2.95 bits per heavy atom. The van der Waals surface area contributed by atoms with E-state index in [1.165, 1.54) is 11.1 Å². The number of likely N-dealkylation sites (N-methyl/N-ethyl adjacent to an activating group) is 1. The number of aromatic nitrogens is 1. The van der Waals surface area contributed by atoms with Crippen LogP contribution in [0, 0.1) is 5.92 Å². The van der Waals surface area contributed by atoms with E-state index in [0.29, 0.717) is 11.3 Å². The maximum Gasteiger partial charge on any atom is 0.311 e. The molecule has 0 aromatic carbocycles. The lowest BCUT2D eigenvalue weighted by molar-refractivity contribution is -0.142. The number of ether oxygens (including phenoxy) is 1. The summed E-state index contributed by atoms with van der Waals surface area (Å²) in [5.74, 6) is -1.91. The van der Waals surface area contributed by atoms with Crippen LogP contribution in [0.4, 0.5) is 0 Å². The van der Waals surface area contributed by atoms with Crippen molar-refractivity contribution in [3.8, 4) is 0 Å². The lowest BCUT2D eigenvalue weighted by atomic mass is 10.0. The lowest BCUT2D eigenvalue weighted by Gasteiger charge is -2.26. The number of carbonyl (C=O) groups is 2. The standard InChI is InChI=1S/C13H17N3O4/c1-16(11-7-20-6-10(11)13(18)19)12(17)8-2-3-15-9(4-8)5-14/h2-4,10-11H,5-7,14H2,1H3,(H,18,19). The molecule has 2 rings (SSSR count). The van der Waals surface area contributed by atoms with Gasteiger partial charge < -0.3 is 20.5 Å². The van der Waals surface area contributed by atoms with Gasteiger partial charge in [-0.05, 0) is 12.1 Å². The van der Waals surface area contributed by atoms with E-state index in [-0.39, 0.29) is 25.7 Å². The molecule has 1 fully saturated rings. The molecule has 0 radical (unpaired) electrons. The Balaban J connectivity index is 2.17. The monoisotopic (exact) mass is 279 g/mol. The Morgan fingerprint density at radius 1 is 1.55 bits per heavy atom. The van der Waals surface area contributed by atoms with E-state index < -0.39 is 17.9 Å². The molecule has 0 aliphatic carbocycles. The maximum atomic E-state index is 12.4. The van der Waals surface area contributed by atoms with Crippen LogP contribution in [0.2, 0.25) is 0 Å². The number of hydrogen-bond donors (Lipinski definition) is 2. The summed E-state index contributed by atoms with van der Waals surface area (Å²) in [4.78, 5) is 29.0. The highest BCUT2D eigenvalue weighted by molar-refractivity contribution is 5.94. The average Bonchev–Trinajstić information content (AvgIpc) is 2.95. The number of nitrogens with two attached hydrogens (primary N) is 1. The van der Waals surface area contributed by atoms with E-state index >= 15 is 0 Å². The van der Waals surface area contributed by atoms with Crippen LogP contribution in [0.25, 0.3) is 0 Å². The van der Waals surface area contributed by atoms with Crippen LogP contribution in [-0.4, -0.2) is 53.2 Å². The van der Waals surface area contributed by atoms with Crippen LogP contribution >= 0.6 is 0 Å². The molecule has 7 heteroatoms. The number of amides is 1. The van der Waals surface area contributed by atoms with Gasteiger partial charge in [0.15, 0.2) is 0 Å². The zero-order valence-corrected chi connectivity index (χ0v) is 11.2. The summed E-state index contributed by atoms with van der Waals surface area (Å²) < 4.78 is 5.18. The first-order valence-electron chi connectivity index (χ1n) is 6.27. The second kappa shape index (κ2) is 5.98. The molecule has 1 saturated heterocycles. The quantitative estimate of drug-likeness (QED) is 0.784. The highest BCUT2D eigenvalue weighted by Gasteiger charge is 2.38. The molecule has 1 aromatic heterocycles. The van der Waals surface area contributed by atoms with Gasteiger partial charge in [0.1, 0.15) is 5.92 Å². The van der Waals surface area contributed by atoms with Gasteiger partial charge in [0.2, 0.25) is 0 Å². The van der Waals surface area contributed by atoms with Gasteiger partial charge in [0.25, 0.3) is 5.91 Å². The van der Waals surface area contributed by atoms with Crippen LogP contribution in [0.3, 0.4) is 0 Å². The van der Waals surface area contributed by atoms with Crippen molar-refractivity contribution in [2.75, 3.05) is 20.3 Å². The summed E-state index contributed by atoms with van der Waals surface area (Å²) in [6.45, 7) is 0.602. The molecular weight excluding hydrogens is 262 g/mol. The van der Waals surface area contributed by atoms with Gasteiger partial charge in [0, 0.05) is 25.4 Å². The third-order valence-corrected chi connectivity index (χ3v) is 3.46. The highest BCUT2D eigenvalue weighted by atomic mass is 16.5. The topological polar surface area (TPSA) is 106 Å². The number of rotatable bonds is 4. The number of hydrogen-bond acceptors (Lipinski definition) is 5. The molecule has 3 N–H and O–H groups in total. The van der Waals surface area contributed by atoms with Crippen LogP contribution < -0.4 is 5.73 Å². The molecule has 7 nitrogen and oxygen atoms in total. The molecule has 0 saturated carbocycles. The van der Waals surface area contributed by atoms with Crippen LogP contribution in [0.15, 0.2) is 18.3 Å². The largest absolute Gasteiger partial charge is 0.481 e. The molecule has 2 atom stereocenters. The highest BCUT2D eigenvalue weighted by Crippen LogP contribution is 2.20. The fraction of sp³-hybridized carbons (Fsp3) is 0.462. The predicted molar refractivity (Wildman–Crippen MR) is 70.0 cm³/mol. The Morgan fingerprint density at radius 2 is 2.30 bits per heavy atom. The van der Waals surface area contributed by atoms with Crippen LogP contribution in [-0.2, 0) is 16.1 Å². The molecule has 2 heterocycles. The van der Waals surface area contributed by atoms with Gasteiger partial charge in [-0.15, -0.1) is 0 Å². The summed E-state index contributed by atoms with van der Waals surface area (Å²) in [5.41, 5.74) is 6.55. The fourth-order valence-electron chi connectivity index (χ4n) is 2.24. The molecule has 108 valence electrons. The van der Waals surface area contributed by atoms with Crippen molar-refractivity contribution in [3.63, 3.8) is 0 Å². The first-order valence-corrected chi connectivity index (χ1v) is 6.27. The molecule has 1 aromatic rings. The van der Waals surface area contributed by atoms with E-state index in [9.17, 15) is 9.59 Å². The van der Waals surface area contributed by atoms with Gasteiger partial charge in [-0.3, -0.25) is 14.6 Å². The second-order valence-corrected chi connectivity index (χ2v) is 4.71. The number of aliphatic carboxylic acids is 1. The van der Waals surface area contributed by atoms with Crippen LogP contribution in [0.5, 0.6) is 0 Å². The van der Waals surface area contributed by atoms with Crippen LogP contribution in [0.1, 0.15) is 16.1 Å². The second-order valence-electron chi connectivity index (χ2n) is 4.71. The predicted octanol–water partition coefficient (Wildman–Crippen LogP) is -0.288. The fourth-order valence-corrected chi connectivity index (χ4v) is 2.24. The molecule has 20 heavy (non-hydrogen) atoms. The third-order valence-electron chi connectivity index (χ3n) is 3.46. The minimum atomic E-state index is -0.954. The van der Waals surface area contributed by atoms with Crippen molar-refractivity contribution in [3.05, 3.63) is 29.6 Å². The Kier molecular flexibility index (Phi) is 4.31.